The second kappa shape index (κ2) is 6.69. The first kappa shape index (κ1) is 13.3. The Labute approximate surface area is 111 Å². The Bertz CT molecular complexity index is 385. The van der Waals surface area contributed by atoms with Crippen molar-refractivity contribution in [1.29, 1.82) is 0 Å². The number of halogens is 1. The smallest absolute Gasteiger partial charge is 0.239 e. The highest BCUT2D eigenvalue weighted by Gasteiger charge is 2.10. The lowest BCUT2D eigenvalue weighted by molar-refractivity contribution is 0.0398. The molecule has 1 fully saturated rings. The lowest BCUT2D eigenvalue weighted by Gasteiger charge is -2.26. The molecule has 8 heteroatoms. The Balaban J connectivity index is 1.81. The van der Waals surface area contributed by atoms with Gasteiger partial charge in [0.1, 0.15) is 5.02 Å². The van der Waals surface area contributed by atoms with Crippen LogP contribution in [0.1, 0.15) is 0 Å². The summed E-state index contributed by atoms with van der Waals surface area (Å²) in [6.07, 6.45) is 1.51. The molecule has 1 aliphatic heterocycles. The van der Waals surface area contributed by atoms with Crippen molar-refractivity contribution in [2.75, 3.05) is 50.1 Å². The average molecular weight is 273 g/mol. The normalized spacial score (nSPS) is 16.6. The molecule has 0 aliphatic carbocycles. The van der Waals surface area contributed by atoms with Crippen molar-refractivity contribution in [3.8, 4) is 0 Å². The van der Waals surface area contributed by atoms with Crippen LogP contribution in [0.4, 0.5) is 11.8 Å². The van der Waals surface area contributed by atoms with E-state index in [-0.39, 0.29) is 0 Å². The van der Waals surface area contributed by atoms with E-state index in [1.165, 1.54) is 6.20 Å². The molecule has 7 nitrogen and oxygen atoms in total. The van der Waals surface area contributed by atoms with E-state index in [1.54, 1.807) is 0 Å². The van der Waals surface area contributed by atoms with Gasteiger partial charge in [0.25, 0.3) is 0 Å². The Morgan fingerprint density at radius 2 is 2.22 bits per heavy atom. The van der Waals surface area contributed by atoms with Gasteiger partial charge in [-0.3, -0.25) is 10.3 Å². The Hall–Kier alpha value is -1.15. The number of hydrazine groups is 1. The molecule has 1 aliphatic rings. The number of ether oxygens (including phenoxy) is 1. The van der Waals surface area contributed by atoms with Crippen molar-refractivity contribution in [2.24, 2.45) is 5.84 Å². The standard InChI is InChI=1S/C10H17ClN6O/c11-8-7-14-10(16-12)15-9(8)13-1-2-17-3-5-18-6-4-17/h7H,1-6,12H2,(H2,13,14,15,16). The zero-order chi connectivity index (χ0) is 12.8. The molecule has 0 aromatic carbocycles. The van der Waals surface area contributed by atoms with Gasteiger partial charge in [-0.05, 0) is 0 Å². The molecule has 0 spiro atoms. The molecule has 1 saturated heterocycles. The molecule has 4 N–H and O–H groups in total. The molecule has 0 amide bonds. The maximum atomic E-state index is 5.99. The third-order valence-electron chi connectivity index (χ3n) is 2.70. The number of nitrogens with two attached hydrogens (primary N) is 1. The predicted octanol–water partition coefficient (Wildman–Crippen LogP) is 0.160. The lowest BCUT2D eigenvalue weighted by Crippen LogP contribution is -2.39. The summed E-state index contributed by atoms with van der Waals surface area (Å²) in [6, 6.07) is 0. The van der Waals surface area contributed by atoms with Gasteiger partial charge in [0.2, 0.25) is 5.95 Å². The monoisotopic (exact) mass is 272 g/mol. The van der Waals surface area contributed by atoms with Crippen LogP contribution < -0.4 is 16.6 Å². The minimum Gasteiger partial charge on any atom is -0.379 e. The van der Waals surface area contributed by atoms with Gasteiger partial charge in [-0.25, -0.2) is 10.8 Å². The van der Waals surface area contributed by atoms with Crippen LogP contribution in [-0.4, -0.2) is 54.3 Å². The highest BCUT2D eigenvalue weighted by Crippen LogP contribution is 2.18. The topological polar surface area (TPSA) is 88.3 Å². The van der Waals surface area contributed by atoms with Crippen molar-refractivity contribution >= 4 is 23.4 Å². The fourth-order valence-electron chi connectivity index (χ4n) is 1.72. The number of anilines is 2. The van der Waals surface area contributed by atoms with Crippen LogP contribution in [0.25, 0.3) is 0 Å². The first-order valence-corrected chi connectivity index (χ1v) is 6.20. The fourth-order valence-corrected chi connectivity index (χ4v) is 1.88. The molecular weight excluding hydrogens is 256 g/mol. The summed E-state index contributed by atoms with van der Waals surface area (Å²) in [5, 5.41) is 3.66. The molecule has 100 valence electrons. The van der Waals surface area contributed by atoms with Gasteiger partial charge in [-0.15, -0.1) is 0 Å². The van der Waals surface area contributed by atoms with E-state index < -0.39 is 0 Å². The van der Waals surface area contributed by atoms with Crippen molar-refractivity contribution in [1.82, 2.24) is 14.9 Å². The van der Waals surface area contributed by atoms with Gasteiger partial charge in [0.15, 0.2) is 5.82 Å². The maximum Gasteiger partial charge on any atom is 0.239 e. The molecule has 1 aromatic rings. The van der Waals surface area contributed by atoms with Crippen molar-refractivity contribution in [2.45, 2.75) is 0 Å². The molecular formula is C10H17ClN6O. The number of morpholine rings is 1. The average Bonchev–Trinajstić information content (AvgIpc) is 2.42. The van der Waals surface area contributed by atoms with E-state index >= 15 is 0 Å². The SMILES string of the molecule is NNc1ncc(Cl)c(NCCN2CCOCC2)n1. The number of nitrogens with one attached hydrogen (secondary N) is 2. The molecule has 2 rings (SSSR count). The number of hydrogen-bond donors (Lipinski definition) is 3. The van der Waals surface area contributed by atoms with E-state index in [4.69, 9.17) is 22.2 Å². The van der Waals surface area contributed by atoms with Gasteiger partial charge in [-0.2, -0.15) is 4.98 Å². The van der Waals surface area contributed by atoms with E-state index in [9.17, 15) is 0 Å². The zero-order valence-corrected chi connectivity index (χ0v) is 10.8. The van der Waals surface area contributed by atoms with Crippen LogP contribution in [0, 0.1) is 0 Å². The van der Waals surface area contributed by atoms with Crippen LogP contribution in [-0.2, 0) is 4.74 Å². The van der Waals surface area contributed by atoms with E-state index in [0.29, 0.717) is 16.8 Å². The Kier molecular flexibility index (Phi) is 4.94. The summed E-state index contributed by atoms with van der Waals surface area (Å²) in [7, 11) is 0. The molecule has 0 radical (unpaired) electrons. The fraction of sp³-hybridized carbons (Fsp3) is 0.600. The highest BCUT2D eigenvalue weighted by molar-refractivity contribution is 6.32. The van der Waals surface area contributed by atoms with E-state index in [1.807, 2.05) is 0 Å². The van der Waals surface area contributed by atoms with Crippen LogP contribution in [0.15, 0.2) is 6.20 Å². The van der Waals surface area contributed by atoms with Crippen molar-refractivity contribution in [3.05, 3.63) is 11.2 Å². The second-order valence-corrected chi connectivity index (χ2v) is 4.32. The first-order valence-electron chi connectivity index (χ1n) is 5.82. The predicted molar refractivity (Wildman–Crippen MR) is 70.6 cm³/mol. The third kappa shape index (κ3) is 3.67. The summed E-state index contributed by atoms with van der Waals surface area (Å²) in [6.45, 7) is 5.23. The van der Waals surface area contributed by atoms with Crippen LogP contribution >= 0.6 is 11.6 Å². The lowest BCUT2D eigenvalue weighted by atomic mass is 10.4. The van der Waals surface area contributed by atoms with E-state index in [0.717, 1.165) is 39.4 Å². The number of rotatable bonds is 5. The molecule has 1 aromatic heterocycles. The van der Waals surface area contributed by atoms with Gasteiger partial charge >= 0.3 is 0 Å². The molecule has 2 heterocycles. The summed E-state index contributed by atoms with van der Waals surface area (Å²) < 4.78 is 5.29. The minimum absolute atomic E-state index is 0.341. The first-order chi connectivity index (χ1) is 8.79. The largest absolute Gasteiger partial charge is 0.379 e. The van der Waals surface area contributed by atoms with Gasteiger partial charge in [-0.1, -0.05) is 11.6 Å². The number of aromatic nitrogens is 2. The minimum atomic E-state index is 0.341. The van der Waals surface area contributed by atoms with Gasteiger partial charge in [0, 0.05) is 26.2 Å². The quantitative estimate of drug-likeness (QED) is 0.520. The van der Waals surface area contributed by atoms with Crippen LogP contribution in [0.2, 0.25) is 5.02 Å². The molecule has 18 heavy (non-hydrogen) atoms. The van der Waals surface area contributed by atoms with Gasteiger partial charge < -0.3 is 10.1 Å². The van der Waals surface area contributed by atoms with Crippen LogP contribution in [0.3, 0.4) is 0 Å². The van der Waals surface area contributed by atoms with Crippen molar-refractivity contribution < 1.29 is 4.74 Å². The summed E-state index contributed by atoms with van der Waals surface area (Å²) in [4.78, 5) is 10.4. The van der Waals surface area contributed by atoms with Crippen LogP contribution in [0.5, 0.6) is 0 Å². The number of nitrogens with zero attached hydrogens (tertiary/aromatic N) is 3. The zero-order valence-electron chi connectivity index (χ0n) is 10.0. The Morgan fingerprint density at radius 1 is 1.44 bits per heavy atom. The third-order valence-corrected chi connectivity index (χ3v) is 2.97. The van der Waals surface area contributed by atoms with Gasteiger partial charge in [0.05, 0.1) is 19.4 Å². The van der Waals surface area contributed by atoms with Crippen molar-refractivity contribution in [3.63, 3.8) is 0 Å². The molecule has 0 bridgehead atoms. The molecule has 0 atom stereocenters. The molecule has 0 saturated carbocycles. The second-order valence-electron chi connectivity index (χ2n) is 3.92. The maximum absolute atomic E-state index is 5.99. The number of hydrogen-bond acceptors (Lipinski definition) is 7. The van der Waals surface area contributed by atoms with E-state index in [2.05, 4.69) is 25.6 Å². The summed E-state index contributed by atoms with van der Waals surface area (Å²) >= 11 is 5.99. The molecule has 0 unspecified atom stereocenters. The Morgan fingerprint density at radius 3 is 2.94 bits per heavy atom. The highest BCUT2D eigenvalue weighted by atomic mass is 35.5. The summed E-state index contributed by atoms with van der Waals surface area (Å²) in [5.74, 6) is 6.18. The summed E-state index contributed by atoms with van der Waals surface area (Å²) in [5.41, 5.74) is 2.39. The number of nitrogen functional groups attached to an aromatic ring is 1.